The third kappa shape index (κ3) is 2.15. The van der Waals surface area contributed by atoms with Crippen LogP contribution in [0.25, 0.3) is 0 Å². The lowest BCUT2D eigenvalue weighted by molar-refractivity contribution is 0.153. The van der Waals surface area contributed by atoms with Crippen LogP contribution in [0, 0.1) is 5.92 Å². The van der Waals surface area contributed by atoms with Crippen molar-refractivity contribution in [2.45, 2.75) is 37.7 Å². The van der Waals surface area contributed by atoms with Crippen molar-refractivity contribution >= 4 is 11.6 Å². The lowest BCUT2D eigenvalue weighted by Gasteiger charge is -2.22. The lowest BCUT2D eigenvalue weighted by atomic mass is 9.90. The first kappa shape index (κ1) is 7.36. The first-order chi connectivity index (χ1) is 4.30. The van der Waals surface area contributed by atoms with Gasteiger partial charge in [0.1, 0.15) is 5.56 Å². The predicted molar refractivity (Wildman–Crippen MR) is 38.4 cm³/mol. The van der Waals surface area contributed by atoms with Crippen LogP contribution in [-0.4, -0.2) is 10.7 Å². The molecule has 9 heavy (non-hydrogen) atoms. The quantitative estimate of drug-likeness (QED) is 0.565. The molecule has 2 heteroatoms. The zero-order valence-corrected chi connectivity index (χ0v) is 6.27. The molecule has 0 aromatic heterocycles. The summed E-state index contributed by atoms with van der Waals surface area (Å²) in [5.41, 5.74) is -0.592. The van der Waals surface area contributed by atoms with Gasteiger partial charge in [-0.15, -0.1) is 0 Å². The van der Waals surface area contributed by atoms with Gasteiger partial charge in [-0.05, 0) is 18.8 Å². The third-order valence-electron chi connectivity index (χ3n) is 2.04. The summed E-state index contributed by atoms with van der Waals surface area (Å²) < 4.78 is 0. The molecule has 0 heterocycles. The molecule has 0 aromatic carbocycles. The summed E-state index contributed by atoms with van der Waals surface area (Å²) in [6, 6.07) is 0. The highest BCUT2D eigenvalue weighted by Crippen LogP contribution is 2.27. The Morgan fingerprint density at radius 1 is 1.22 bits per heavy atom. The van der Waals surface area contributed by atoms with E-state index in [1.165, 1.54) is 19.3 Å². The minimum absolute atomic E-state index is 0.375. The van der Waals surface area contributed by atoms with Crippen LogP contribution in [0.15, 0.2) is 0 Å². The van der Waals surface area contributed by atoms with Crippen LogP contribution in [0.4, 0.5) is 0 Å². The largest absolute Gasteiger partial charge is 0.377 e. The number of alkyl halides is 1. The average Bonchev–Trinajstić information content (AvgIpc) is 1.90. The Balaban J connectivity index is 2.23. The second-order valence-corrected chi connectivity index (χ2v) is 3.22. The molecule has 1 aliphatic rings. The molecule has 0 spiro atoms. The number of aliphatic hydroxyl groups excluding tert-OH is 1. The summed E-state index contributed by atoms with van der Waals surface area (Å²) in [5.74, 6) is 0.375. The van der Waals surface area contributed by atoms with Gasteiger partial charge in [0.15, 0.2) is 0 Å². The highest BCUT2D eigenvalue weighted by Gasteiger charge is 2.18. The number of hydrogen-bond acceptors (Lipinski definition) is 1. The maximum atomic E-state index is 8.94. The van der Waals surface area contributed by atoms with E-state index in [9.17, 15) is 0 Å². The molecule has 0 aliphatic heterocycles. The zero-order chi connectivity index (χ0) is 6.69. The summed E-state index contributed by atoms with van der Waals surface area (Å²) in [7, 11) is 0. The third-order valence-corrected chi connectivity index (χ3v) is 2.40. The summed E-state index contributed by atoms with van der Waals surface area (Å²) in [6.07, 6.45) is 6.04. The van der Waals surface area contributed by atoms with Gasteiger partial charge in [0, 0.05) is 0 Å². The molecule has 0 aromatic rings. The number of rotatable bonds is 1. The molecule has 54 valence electrons. The van der Waals surface area contributed by atoms with Crippen molar-refractivity contribution in [3.63, 3.8) is 0 Å². The molecular weight excluding hydrogens is 136 g/mol. The molecule has 1 nitrogen and oxygen atoms in total. The van der Waals surface area contributed by atoms with Crippen molar-refractivity contribution < 1.29 is 5.11 Å². The molecular formula is C7H13ClO. The van der Waals surface area contributed by atoms with E-state index in [0.717, 1.165) is 12.8 Å². The average molecular weight is 149 g/mol. The molecule has 1 N–H and O–H groups in total. The van der Waals surface area contributed by atoms with Gasteiger partial charge in [-0.3, -0.25) is 0 Å². The minimum Gasteiger partial charge on any atom is -0.377 e. The van der Waals surface area contributed by atoms with Crippen molar-refractivity contribution in [1.29, 1.82) is 0 Å². The Kier molecular flexibility index (Phi) is 2.80. The van der Waals surface area contributed by atoms with Gasteiger partial charge in [-0.1, -0.05) is 30.9 Å². The lowest BCUT2D eigenvalue weighted by Crippen LogP contribution is -2.16. The zero-order valence-electron chi connectivity index (χ0n) is 5.52. The van der Waals surface area contributed by atoms with E-state index in [1.54, 1.807) is 0 Å². The Morgan fingerprint density at radius 3 is 2.11 bits per heavy atom. The van der Waals surface area contributed by atoms with Crippen LogP contribution in [0.2, 0.25) is 0 Å². The maximum Gasteiger partial charge on any atom is 0.130 e. The number of halogens is 1. The fourth-order valence-electron chi connectivity index (χ4n) is 1.41. The van der Waals surface area contributed by atoms with Crippen LogP contribution >= 0.6 is 11.6 Å². The van der Waals surface area contributed by atoms with Crippen molar-refractivity contribution in [2.24, 2.45) is 5.92 Å². The molecule has 1 saturated carbocycles. The molecule has 0 bridgehead atoms. The topological polar surface area (TPSA) is 20.2 Å². The van der Waals surface area contributed by atoms with Crippen molar-refractivity contribution in [3.8, 4) is 0 Å². The smallest absolute Gasteiger partial charge is 0.130 e. The van der Waals surface area contributed by atoms with E-state index in [0.29, 0.717) is 5.92 Å². The van der Waals surface area contributed by atoms with Crippen LogP contribution < -0.4 is 0 Å². The summed E-state index contributed by atoms with van der Waals surface area (Å²) in [6.45, 7) is 0. The molecule has 1 unspecified atom stereocenters. The molecule has 1 fully saturated rings. The summed E-state index contributed by atoms with van der Waals surface area (Å²) >= 11 is 5.51. The van der Waals surface area contributed by atoms with Crippen molar-refractivity contribution in [2.75, 3.05) is 0 Å². The number of hydrogen-bond donors (Lipinski definition) is 1. The molecule has 0 saturated heterocycles. The van der Waals surface area contributed by atoms with Crippen molar-refractivity contribution in [3.05, 3.63) is 0 Å². The van der Waals surface area contributed by atoms with E-state index in [1.807, 2.05) is 0 Å². The van der Waals surface area contributed by atoms with Gasteiger partial charge in [0.25, 0.3) is 0 Å². The predicted octanol–water partition coefficient (Wildman–Crippen LogP) is 2.12. The standard InChI is InChI=1S/C7H13ClO/c8-7(9)6-4-2-1-3-5-6/h6-7,9H,1-5H2. The Bertz CT molecular complexity index is 77.0. The van der Waals surface area contributed by atoms with Gasteiger partial charge in [-0.2, -0.15) is 0 Å². The summed E-state index contributed by atoms with van der Waals surface area (Å²) in [5, 5.41) is 8.94. The number of aliphatic hydroxyl groups is 1. The van der Waals surface area contributed by atoms with E-state index in [-0.39, 0.29) is 0 Å². The van der Waals surface area contributed by atoms with E-state index < -0.39 is 5.56 Å². The van der Waals surface area contributed by atoms with E-state index in [2.05, 4.69) is 0 Å². The van der Waals surface area contributed by atoms with Gasteiger partial charge >= 0.3 is 0 Å². The van der Waals surface area contributed by atoms with E-state index in [4.69, 9.17) is 16.7 Å². The molecule has 1 rings (SSSR count). The van der Waals surface area contributed by atoms with Crippen LogP contribution in [-0.2, 0) is 0 Å². The van der Waals surface area contributed by atoms with Gasteiger partial charge in [-0.25, -0.2) is 0 Å². The molecule has 1 aliphatic carbocycles. The Labute approximate surface area is 61.0 Å². The highest BCUT2D eigenvalue weighted by molar-refractivity contribution is 6.19. The van der Waals surface area contributed by atoms with Gasteiger partial charge in [0.05, 0.1) is 0 Å². The first-order valence-electron chi connectivity index (χ1n) is 3.63. The normalized spacial score (nSPS) is 26.0. The molecule has 1 atom stereocenters. The fourth-order valence-corrected chi connectivity index (χ4v) is 1.66. The Hall–Kier alpha value is 0.250. The molecule has 0 amide bonds. The van der Waals surface area contributed by atoms with Crippen LogP contribution in [0.1, 0.15) is 32.1 Å². The second kappa shape index (κ2) is 3.43. The van der Waals surface area contributed by atoms with Gasteiger partial charge < -0.3 is 5.11 Å². The maximum absolute atomic E-state index is 8.94. The highest BCUT2D eigenvalue weighted by atomic mass is 35.5. The SMILES string of the molecule is OC(Cl)C1CCCCC1. The Morgan fingerprint density at radius 2 is 1.78 bits per heavy atom. The van der Waals surface area contributed by atoms with Crippen molar-refractivity contribution in [1.82, 2.24) is 0 Å². The first-order valence-corrected chi connectivity index (χ1v) is 4.06. The summed E-state index contributed by atoms with van der Waals surface area (Å²) in [4.78, 5) is 0. The fraction of sp³-hybridized carbons (Fsp3) is 1.00. The minimum atomic E-state index is -0.592. The van der Waals surface area contributed by atoms with Gasteiger partial charge in [0.2, 0.25) is 0 Å². The van der Waals surface area contributed by atoms with Crippen LogP contribution in [0.5, 0.6) is 0 Å². The second-order valence-electron chi connectivity index (χ2n) is 2.77. The molecule has 0 radical (unpaired) electrons. The van der Waals surface area contributed by atoms with Crippen LogP contribution in [0.3, 0.4) is 0 Å². The van der Waals surface area contributed by atoms with E-state index >= 15 is 0 Å². The monoisotopic (exact) mass is 148 g/mol.